The number of phenolic OH excluding ortho intramolecular Hbond substituents is 1. The van der Waals surface area contributed by atoms with Crippen molar-refractivity contribution in [3.63, 3.8) is 0 Å². The number of phenols is 1. The molecule has 0 spiro atoms. The first kappa shape index (κ1) is 26.9. The van der Waals surface area contributed by atoms with Crippen LogP contribution >= 0.6 is 0 Å². The predicted molar refractivity (Wildman–Crippen MR) is 155 cm³/mol. The number of aromatic nitrogens is 1. The van der Waals surface area contributed by atoms with Crippen LogP contribution in [0.5, 0.6) is 5.75 Å². The molecule has 0 aliphatic carbocycles. The van der Waals surface area contributed by atoms with Crippen LogP contribution in [0.1, 0.15) is 53.5 Å². The van der Waals surface area contributed by atoms with Crippen LogP contribution in [0.2, 0.25) is 0 Å². The first-order chi connectivity index (χ1) is 18.7. The van der Waals surface area contributed by atoms with Crippen molar-refractivity contribution >= 4 is 12.0 Å². The molecular formula is C34H36N2O2. The molecule has 1 amide bonds. The molecular weight excluding hydrogens is 468 g/mol. The van der Waals surface area contributed by atoms with E-state index in [4.69, 9.17) is 0 Å². The van der Waals surface area contributed by atoms with E-state index in [1.807, 2.05) is 41.3 Å². The quantitative estimate of drug-likeness (QED) is 0.210. The van der Waals surface area contributed by atoms with Crippen LogP contribution in [0.15, 0.2) is 109 Å². The number of amides is 1. The summed E-state index contributed by atoms with van der Waals surface area (Å²) in [6, 6.07) is 30.6. The number of nitrogens with zero attached hydrogens (tertiary/aromatic N) is 2. The maximum Gasteiger partial charge on any atom is 0.246 e. The second kappa shape index (κ2) is 13.9. The van der Waals surface area contributed by atoms with Crippen molar-refractivity contribution in [2.75, 3.05) is 13.1 Å². The van der Waals surface area contributed by atoms with Crippen molar-refractivity contribution in [3.05, 3.63) is 137 Å². The van der Waals surface area contributed by atoms with Gasteiger partial charge in [0.15, 0.2) is 0 Å². The van der Waals surface area contributed by atoms with E-state index in [-0.39, 0.29) is 11.8 Å². The molecule has 0 aliphatic heterocycles. The van der Waals surface area contributed by atoms with E-state index in [0.717, 1.165) is 42.4 Å². The van der Waals surface area contributed by atoms with Crippen LogP contribution < -0.4 is 0 Å². The van der Waals surface area contributed by atoms with Crippen LogP contribution in [-0.4, -0.2) is 34.0 Å². The van der Waals surface area contributed by atoms with Gasteiger partial charge in [-0.2, -0.15) is 0 Å². The molecule has 0 saturated heterocycles. The van der Waals surface area contributed by atoms with Gasteiger partial charge in [-0.15, -0.1) is 0 Å². The molecule has 1 aromatic heterocycles. The molecule has 4 aromatic rings. The highest BCUT2D eigenvalue weighted by Crippen LogP contribution is 2.28. The number of carbonyl (C=O) groups excluding carboxylic acids is 1. The summed E-state index contributed by atoms with van der Waals surface area (Å²) in [5, 5.41) is 10.2. The number of pyridine rings is 1. The zero-order valence-electron chi connectivity index (χ0n) is 22.0. The second-order valence-corrected chi connectivity index (χ2v) is 9.47. The molecule has 0 aliphatic rings. The fraction of sp³-hybridized carbons (Fsp3) is 0.235. The first-order valence-corrected chi connectivity index (χ1v) is 13.4. The van der Waals surface area contributed by atoms with E-state index in [9.17, 15) is 9.90 Å². The minimum atomic E-state index is 0.00769. The topological polar surface area (TPSA) is 53.4 Å². The van der Waals surface area contributed by atoms with E-state index in [1.165, 1.54) is 11.1 Å². The summed E-state index contributed by atoms with van der Waals surface area (Å²) in [5.41, 5.74) is 5.61. The van der Waals surface area contributed by atoms with E-state index >= 15 is 0 Å². The van der Waals surface area contributed by atoms with Crippen LogP contribution in [0.25, 0.3) is 6.08 Å². The Hall–Kier alpha value is -4.18. The highest BCUT2D eigenvalue weighted by molar-refractivity contribution is 5.91. The summed E-state index contributed by atoms with van der Waals surface area (Å²) in [5.74, 6) is 0.565. The van der Waals surface area contributed by atoms with E-state index in [1.54, 1.807) is 24.5 Å². The van der Waals surface area contributed by atoms with Crippen molar-refractivity contribution < 1.29 is 9.90 Å². The Kier molecular flexibility index (Phi) is 9.86. The maximum absolute atomic E-state index is 13.4. The number of hydrogen-bond acceptors (Lipinski definition) is 3. The van der Waals surface area contributed by atoms with Gasteiger partial charge in [-0.25, -0.2) is 0 Å². The molecule has 0 saturated carbocycles. The SMILES string of the molecule is CCc1c(O)cccc1CCCN(CCC(c1ccccc1)c1ccccc1)C(=O)C=Cc1ccncc1. The number of rotatable bonds is 12. The van der Waals surface area contributed by atoms with Gasteiger partial charge in [-0.1, -0.05) is 79.7 Å². The minimum Gasteiger partial charge on any atom is -0.508 e. The molecule has 38 heavy (non-hydrogen) atoms. The zero-order chi connectivity index (χ0) is 26.6. The standard InChI is InChI=1S/C34H36N2O2/c1-2-31-28(15-9-17-33(31)37)16-10-25-36(34(38)19-18-27-20-23-35-24-21-27)26-22-32(29-11-5-3-6-12-29)30-13-7-4-8-14-30/h3-9,11-15,17-21,23-24,32,37H,2,10,16,22,25-26H2,1H3. The minimum absolute atomic E-state index is 0.00769. The molecule has 0 bridgehead atoms. The van der Waals surface area contributed by atoms with Crippen molar-refractivity contribution in [1.82, 2.24) is 9.88 Å². The van der Waals surface area contributed by atoms with Gasteiger partial charge < -0.3 is 10.0 Å². The molecule has 1 heterocycles. The number of aromatic hydroxyl groups is 1. The predicted octanol–water partition coefficient (Wildman–Crippen LogP) is 7.05. The Labute approximate surface area is 226 Å². The fourth-order valence-electron chi connectivity index (χ4n) is 4.98. The molecule has 4 rings (SSSR count). The Balaban J connectivity index is 1.51. The summed E-state index contributed by atoms with van der Waals surface area (Å²) in [7, 11) is 0. The zero-order valence-corrected chi connectivity index (χ0v) is 22.0. The molecule has 0 fully saturated rings. The molecule has 0 radical (unpaired) electrons. The smallest absolute Gasteiger partial charge is 0.246 e. The molecule has 194 valence electrons. The maximum atomic E-state index is 13.4. The molecule has 4 nitrogen and oxygen atoms in total. The van der Waals surface area contributed by atoms with Crippen molar-refractivity contribution in [3.8, 4) is 5.75 Å². The van der Waals surface area contributed by atoms with Gasteiger partial charge in [0, 0.05) is 37.5 Å². The van der Waals surface area contributed by atoms with Crippen LogP contribution in [0.3, 0.4) is 0 Å². The van der Waals surface area contributed by atoms with Crippen molar-refractivity contribution in [2.24, 2.45) is 0 Å². The lowest BCUT2D eigenvalue weighted by Gasteiger charge is -2.25. The normalized spacial score (nSPS) is 11.2. The summed E-state index contributed by atoms with van der Waals surface area (Å²) in [6.45, 7) is 3.36. The highest BCUT2D eigenvalue weighted by atomic mass is 16.3. The van der Waals surface area contributed by atoms with Gasteiger partial charge in [0.1, 0.15) is 5.75 Å². The third-order valence-electron chi connectivity index (χ3n) is 7.00. The van der Waals surface area contributed by atoms with Gasteiger partial charge in [-0.05, 0) is 77.8 Å². The summed E-state index contributed by atoms with van der Waals surface area (Å²) in [6.07, 6.45) is 10.2. The monoisotopic (exact) mass is 504 g/mol. The average Bonchev–Trinajstić information content (AvgIpc) is 2.97. The lowest BCUT2D eigenvalue weighted by molar-refractivity contribution is -0.126. The van der Waals surface area contributed by atoms with Crippen LogP contribution in [0.4, 0.5) is 0 Å². The molecule has 1 N–H and O–H groups in total. The van der Waals surface area contributed by atoms with Crippen LogP contribution in [-0.2, 0) is 17.6 Å². The third kappa shape index (κ3) is 7.42. The van der Waals surface area contributed by atoms with Crippen molar-refractivity contribution in [1.29, 1.82) is 0 Å². The van der Waals surface area contributed by atoms with E-state index in [2.05, 4.69) is 66.5 Å². The summed E-state index contributed by atoms with van der Waals surface area (Å²) < 4.78 is 0. The van der Waals surface area contributed by atoms with Gasteiger partial charge in [-0.3, -0.25) is 9.78 Å². The van der Waals surface area contributed by atoms with Gasteiger partial charge >= 0.3 is 0 Å². The molecule has 4 heteroatoms. The van der Waals surface area contributed by atoms with E-state index in [0.29, 0.717) is 18.8 Å². The number of hydrogen-bond donors (Lipinski definition) is 1. The fourth-order valence-corrected chi connectivity index (χ4v) is 4.98. The number of carbonyl (C=O) groups is 1. The third-order valence-corrected chi connectivity index (χ3v) is 7.00. The lowest BCUT2D eigenvalue weighted by Crippen LogP contribution is -2.32. The Morgan fingerprint density at radius 1 is 0.868 bits per heavy atom. The Morgan fingerprint density at radius 3 is 2.16 bits per heavy atom. The molecule has 0 atom stereocenters. The van der Waals surface area contributed by atoms with Gasteiger partial charge in [0.25, 0.3) is 0 Å². The van der Waals surface area contributed by atoms with Gasteiger partial charge in [0.05, 0.1) is 0 Å². The Morgan fingerprint density at radius 2 is 1.53 bits per heavy atom. The number of benzene rings is 3. The van der Waals surface area contributed by atoms with E-state index < -0.39 is 0 Å². The van der Waals surface area contributed by atoms with Crippen molar-refractivity contribution in [2.45, 2.75) is 38.5 Å². The first-order valence-electron chi connectivity index (χ1n) is 13.4. The summed E-state index contributed by atoms with van der Waals surface area (Å²) >= 11 is 0. The lowest BCUT2D eigenvalue weighted by atomic mass is 9.88. The second-order valence-electron chi connectivity index (χ2n) is 9.47. The Bertz CT molecular complexity index is 1260. The summed E-state index contributed by atoms with van der Waals surface area (Å²) in [4.78, 5) is 19.4. The molecule has 0 unspecified atom stereocenters. The number of aryl methyl sites for hydroxylation is 1. The van der Waals surface area contributed by atoms with Crippen LogP contribution in [0, 0.1) is 0 Å². The largest absolute Gasteiger partial charge is 0.508 e. The van der Waals surface area contributed by atoms with Gasteiger partial charge in [0.2, 0.25) is 5.91 Å². The average molecular weight is 505 g/mol. The highest BCUT2D eigenvalue weighted by Gasteiger charge is 2.18. The molecule has 3 aromatic carbocycles.